The van der Waals surface area contributed by atoms with Crippen molar-refractivity contribution in [2.45, 2.75) is 179 Å². The Kier molecular flexibility index (Phi) is 10.3. The Labute approximate surface area is 264 Å². The highest BCUT2D eigenvalue weighted by molar-refractivity contribution is 6.23. The molecule has 244 valence electrons. The SMILES string of the molecule is CCCCCCC[C@@H]1C[C@@H]2CCC3=C(C(=O)OCCCCCCC[C@@H]4C[C@@H]5CC[C@H]6C[C@@H](C)N=C(N4O)N56)C(C)=NC(=N1)N32. The zero-order valence-corrected chi connectivity index (χ0v) is 27.6. The molecule has 0 saturated carbocycles. The minimum atomic E-state index is -0.220. The zero-order chi connectivity index (χ0) is 30.6. The minimum absolute atomic E-state index is 0.178. The summed E-state index contributed by atoms with van der Waals surface area (Å²) in [5, 5.41) is 12.5. The number of ether oxygens (including phenoxy) is 1. The predicted molar refractivity (Wildman–Crippen MR) is 175 cm³/mol. The van der Waals surface area contributed by atoms with Gasteiger partial charge in [0.05, 0.1) is 30.4 Å². The molecule has 0 bridgehead atoms. The molecule has 44 heavy (non-hydrogen) atoms. The molecule has 6 aliphatic heterocycles. The minimum Gasteiger partial charge on any atom is -0.462 e. The lowest BCUT2D eigenvalue weighted by Crippen LogP contribution is -2.60. The number of nitrogens with zero attached hydrogens (tertiary/aromatic N) is 6. The molecule has 0 spiro atoms. The number of guanidine groups is 2. The first-order valence-corrected chi connectivity index (χ1v) is 18.1. The van der Waals surface area contributed by atoms with E-state index in [1.54, 1.807) is 0 Å². The second kappa shape index (κ2) is 14.3. The van der Waals surface area contributed by atoms with E-state index in [4.69, 9.17) is 19.7 Å². The zero-order valence-electron chi connectivity index (χ0n) is 27.6. The van der Waals surface area contributed by atoms with Crippen LogP contribution < -0.4 is 0 Å². The van der Waals surface area contributed by atoms with E-state index in [2.05, 4.69) is 23.6 Å². The number of esters is 1. The smallest absolute Gasteiger partial charge is 0.341 e. The summed E-state index contributed by atoms with van der Waals surface area (Å²) < 4.78 is 5.79. The Morgan fingerprint density at radius 2 is 1.61 bits per heavy atom. The summed E-state index contributed by atoms with van der Waals surface area (Å²) in [7, 11) is 0. The Hall–Kier alpha value is -2.42. The lowest BCUT2D eigenvalue weighted by Gasteiger charge is -2.47. The number of carbonyl (C=O) groups is 1. The van der Waals surface area contributed by atoms with Gasteiger partial charge in [0.1, 0.15) is 5.57 Å². The van der Waals surface area contributed by atoms with Crippen molar-refractivity contribution in [3.8, 4) is 0 Å². The van der Waals surface area contributed by atoms with Gasteiger partial charge < -0.3 is 14.5 Å². The van der Waals surface area contributed by atoms with E-state index in [1.165, 1.54) is 50.0 Å². The molecule has 1 N–H and O–H groups in total. The summed E-state index contributed by atoms with van der Waals surface area (Å²) in [6, 6.07) is 2.36. The quantitative estimate of drug-likeness (QED) is 0.159. The molecule has 3 saturated heterocycles. The largest absolute Gasteiger partial charge is 0.462 e. The maximum absolute atomic E-state index is 13.2. The number of hydrogen-bond donors (Lipinski definition) is 1. The molecule has 6 atom stereocenters. The fraction of sp³-hybridized carbons (Fsp3) is 0.829. The second-order valence-corrected chi connectivity index (χ2v) is 14.3. The van der Waals surface area contributed by atoms with E-state index in [-0.39, 0.29) is 12.0 Å². The first-order valence-electron chi connectivity index (χ1n) is 18.1. The lowest BCUT2D eigenvalue weighted by molar-refractivity contribution is -0.138. The van der Waals surface area contributed by atoms with Crippen LogP contribution in [0.25, 0.3) is 0 Å². The van der Waals surface area contributed by atoms with Crippen molar-refractivity contribution < 1.29 is 14.7 Å². The third-order valence-electron chi connectivity index (χ3n) is 11.0. The van der Waals surface area contributed by atoms with Crippen molar-refractivity contribution in [1.82, 2.24) is 14.9 Å². The van der Waals surface area contributed by atoms with Gasteiger partial charge >= 0.3 is 5.97 Å². The van der Waals surface area contributed by atoms with Crippen LogP contribution >= 0.6 is 0 Å². The highest BCUT2D eigenvalue weighted by Crippen LogP contribution is 2.41. The third-order valence-corrected chi connectivity index (χ3v) is 11.0. The number of unbranched alkanes of at least 4 members (excludes halogenated alkanes) is 8. The van der Waals surface area contributed by atoms with E-state index >= 15 is 0 Å². The third kappa shape index (κ3) is 6.73. The van der Waals surface area contributed by atoms with Gasteiger partial charge in [-0.05, 0) is 78.1 Å². The summed E-state index contributed by atoms with van der Waals surface area (Å²) in [5.74, 6) is 1.44. The van der Waals surface area contributed by atoms with E-state index in [0.717, 1.165) is 100 Å². The number of carbonyl (C=O) groups excluding carboxylic acids is 1. The fourth-order valence-corrected chi connectivity index (χ4v) is 8.75. The molecule has 0 amide bonds. The van der Waals surface area contributed by atoms with Crippen molar-refractivity contribution in [2.24, 2.45) is 15.0 Å². The molecule has 6 aliphatic rings. The van der Waals surface area contributed by atoms with E-state index in [1.807, 2.05) is 6.92 Å². The molecule has 6 heterocycles. The molecule has 9 heteroatoms. The standard InChI is InChI=1S/C35H56N6O3/c1-4-5-6-8-11-14-26-22-28-18-19-31-32(25(3)37-34(38-26)40(28)31)33(42)44-20-13-10-7-9-12-15-30-23-29-17-16-27-21-24(2)36-35(39(27)29)41(30)43/h24,26-30,43H,4-23H2,1-3H3/t24-,26-,27+,28+,29+,30-/m1/s1. The second-order valence-electron chi connectivity index (χ2n) is 14.3. The summed E-state index contributed by atoms with van der Waals surface area (Å²) in [6.07, 6.45) is 21.6. The van der Waals surface area contributed by atoms with Crippen molar-refractivity contribution in [3.05, 3.63) is 11.3 Å². The van der Waals surface area contributed by atoms with Crippen LogP contribution in [0, 0.1) is 0 Å². The number of rotatable bonds is 15. The highest BCUT2D eigenvalue weighted by atomic mass is 16.5. The Morgan fingerprint density at radius 1 is 0.886 bits per heavy atom. The summed E-state index contributed by atoms with van der Waals surface area (Å²) in [6.45, 7) is 6.82. The van der Waals surface area contributed by atoms with Gasteiger partial charge in [-0.2, -0.15) is 0 Å². The van der Waals surface area contributed by atoms with Gasteiger partial charge in [0.25, 0.3) is 0 Å². The predicted octanol–water partition coefficient (Wildman–Crippen LogP) is 7.00. The van der Waals surface area contributed by atoms with Crippen LogP contribution in [0.4, 0.5) is 0 Å². The van der Waals surface area contributed by atoms with E-state index in [9.17, 15) is 10.0 Å². The van der Waals surface area contributed by atoms with Crippen LogP contribution in [-0.4, -0.2) is 86.5 Å². The average molecular weight is 609 g/mol. The van der Waals surface area contributed by atoms with Crippen LogP contribution in [0.1, 0.15) is 143 Å². The molecule has 6 rings (SSSR count). The molecule has 0 unspecified atom stereocenters. The molecule has 0 aromatic carbocycles. The summed E-state index contributed by atoms with van der Waals surface area (Å²) in [5.41, 5.74) is 2.52. The monoisotopic (exact) mass is 608 g/mol. The number of hydrogen-bond acceptors (Lipinski definition) is 9. The van der Waals surface area contributed by atoms with Gasteiger partial charge in [-0.15, -0.1) is 0 Å². The van der Waals surface area contributed by atoms with Gasteiger partial charge in [-0.25, -0.2) is 24.8 Å². The molecular formula is C35H56N6O3. The number of hydroxylamine groups is 2. The van der Waals surface area contributed by atoms with Gasteiger partial charge in [0.2, 0.25) is 11.9 Å². The van der Waals surface area contributed by atoms with Gasteiger partial charge in [0, 0.05) is 23.8 Å². The van der Waals surface area contributed by atoms with Crippen molar-refractivity contribution in [3.63, 3.8) is 0 Å². The molecule has 9 nitrogen and oxygen atoms in total. The lowest BCUT2D eigenvalue weighted by atomic mass is 9.96. The Bertz CT molecular complexity index is 1160. The Morgan fingerprint density at radius 3 is 2.43 bits per heavy atom. The molecule has 0 aliphatic carbocycles. The van der Waals surface area contributed by atoms with Crippen molar-refractivity contribution >= 4 is 23.6 Å². The van der Waals surface area contributed by atoms with Gasteiger partial charge in [-0.3, -0.25) is 5.21 Å². The van der Waals surface area contributed by atoms with Crippen LogP contribution in [0.3, 0.4) is 0 Å². The average Bonchev–Trinajstić information content (AvgIpc) is 3.61. The molecule has 3 fully saturated rings. The van der Waals surface area contributed by atoms with E-state index < -0.39 is 0 Å². The summed E-state index contributed by atoms with van der Waals surface area (Å²) >= 11 is 0. The molecule has 0 radical (unpaired) electrons. The summed E-state index contributed by atoms with van der Waals surface area (Å²) in [4.78, 5) is 32.5. The topological polar surface area (TPSA) is 93.3 Å². The maximum Gasteiger partial charge on any atom is 0.341 e. The van der Waals surface area contributed by atoms with Gasteiger partial charge in [-0.1, -0.05) is 64.7 Å². The molecular weight excluding hydrogens is 552 g/mol. The normalized spacial score (nSPS) is 30.6. The maximum atomic E-state index is 13.2. The molecule has 0 aromatic heterocycles. The van der Waals surface area contributed by atoms with Crippen LogP contribution in [0.2, 0.25) is 0 Å². The van der Waals surface area contributed by atoms with Crippen LogP contribution in [0.15, 0.2) is 26.2 Å². The first-order chi connectivity index (χ1) is 21.4. The highest BCUT2D eigenvalue weighted by Gasteiger charge is 2.47. The van der Waals surface area contributed by atoms with Crippen LogP contribution in [-0.2, 0) is 9.53 Å². The number of allylic oxidation sites excluding steroid dienone is 1. The van der Waals surface area contributed by atoms with Crippen molar-refractivity contribution in [1.29, 1.82) is 0 Å². The molecule has 0 aromatic rings. The van der Waals surface area contributed by atoms with Crippen molar-refractivity contribution in [2.75, 3.05) is 6.61 Å². The van der Waals surface area contributed by atoms with Gasteiger partial charge in [0.15, 0.2) is 0 Å². The fourth-order valence-electron chi connectivity index (χ4n) is 8.75. The first kappa shape index (κ1) is 31.6. The number of aliphatic imine (C=N–C) groups is 3. The van der Waals surface area contributed by atoms with E-state index in [0.29, 0.717) is 42.4 Å². The van der Waals surface area contributed by atoms with Crippen LogP contribution in [0.5, 0.6) is 0 Å². The Balaban J connectivity index is 0.902.